The van der Waals surface area contributed by atoms with Gasteiger partial charge < -0.3 is 20.7 Å². The van der Waals surface area contributed by atoms with Crippen molar-refractivity contribution in [3.05, 3.63) is 53.6 Å². The lowest BCUT2D eigenvalue weighted by Gasteiger charge is -2.19. The van der Waals surface area contributed by atoms with E-state index in [1.807, 2.05) is 39.0 Å². The van der Waals surface area contributed by atoms with Gasteiger partial charge in [-0.25, -0.2) is 4.79 Å². The van der Waals surface area contributed by atoms with Gasteiger partial charge in [-0.1, -0.05) is 23.8 Å². The van der Waals surface area contributed by atoms with Gasteiger partial charge in [0.15, 0.2) is 0 Å². The molecule has 0 aliphatic heterocycles. The predicted octanol–water partition coefficient (Wildman–Crippen LogP) is 4.23. The molecule has 138 valence electrons. The molecule has 26 heavy (non-hydrogen) atoms. The molecule has 6 nitrogen and oxygen atoms in total. The standard InChI is InChI=1S/C20H25N3O3/c1-5-26-19-10-9-13(2)11-18(19)14(3)21-20(25)23-17-8-6-7-16(12-17)22-15(4)24/h6-12,14H,5H2,1-4H3,(H,22,24)(H2,21,23,25). The number of carbonyl (C=O) groups is 2. The van der Waals surface area contributed by atoms with E-state index in [1.165, 1.54) is 6.92 Å². The zero-order chi connectivity index (χ0) is 19.1. The van der Waals surface area contributed by atoms with Crippen LogP contribution >= 0.6 is 0 Å². The number of hydrogen-bond donors (Lipinski definition) is 3. The van der Waals surface area contributed by atoms with E-state index >= 15 is 0 Å². The minimum absolute atomic E-state index is 0.164. The number of rotatable bonds is 6. The number of ether oxygens (including phenoxy) is 1. The van der Waals surface area contributed by atoms with Crippen LogP contribution in [0.1, 0.15) is 37.9 Å². The van der Waals surface area contributed by atoms with Crippen LogP contribution in [-0.4, -0.2) is 18.5 Å². The quantitative estimate of drug-likeness (QED) is 0.725. The van der Waals surface area contributed by atoms with Crippen molar-refractivity contribution in [3.8, 4) is 5.75 Å². The lowest BCUT2D eigenvalue weighted by molar-refractivity contribution is -0.114. The molecule has 2 aromatic rings. The molecule has 0 saturated carbocycles. The number of aryl methyl sites for hydroxylation is 1. The van der Waals surface area contributed by atoms with Crippen LogP contribution in [0.2, 0.25) is 0 Å². The first-order valence-corrected chi connectivity index (χ1v) is 8.57. The Bertz CT molecular complexity index is 790. The number of urea groups is 1. The van der Waals surface area contributed by atoms with E-state index in [0.717, 1.165) is 16.9 Å². The molecule has 3 N–H and O–H groups in total. The van der Waals surface area contributed by atoms with Crippen LogP contribution in [0.3, 0.4) is 0 Å². The molecule has 0 heterocycles. The van der Waals surface area contributed by atoms with Crippen LogP contribution in [0.4, 0.5) is 16.2 Å². The summed E-state index contributed by atoms with van der Waals surface area (Å²) in [6, 6.07) is 12.3. The highest BCUT2D eigenvalue weighted by Crippen LogP contribution is 2.26. The first-order valence-electron chi connectivity index (χ1n) is 8.57. The summed E-state index contributed by atoms with van der Waals surface area (Å²) in [5.74, 6) is 0.599. The molecular formula is C20H25N3O3. The van der Waals surface area contributed by atoms with E-state index in [4.69, 9.17) is 4.74 Å². The third kappa shape index (κ3) is 5.51. The summed E-state index contributed by atoms with van der Waals surface area (Å²) in [5.41, 5.74) is 3.24. The van der Waals surface area contributed by atoms with E-state index in [1.54, 1.807) is 24.3 Å². The van der Waals surface area contributed by atoms with E-state index < -0.39 is 0 Å². The largest absolute Gasteiger partial charge is 0.494 e. The third-order valence-corrected chi connectivity index (χ3v) is 3.72. The van der Waals surface area contributed by atoms with Crippen LogP contribution in [0, 0.1) is 6.92 Å². The van der Waals surface area contributed by atoms with E-state index in [-0.39, 0.29) is 18.0 Å². The lowest BCUT2D eigenvalue weighted by Crippen LogP contribution is -2.31. The fourth-order valence-corrected chi connectivity index (χ4v) is 2.61. The maximum Gasteiger partial charge on any atom is 0.319 e. The monoisotopic (exact) mass is 355 g/mol. The third-order valence-electron chi connectivity index (χ3n) is 3.72. The van der Waals surface area contributed by atoms with Crippen molar-refractivity contribution in [2.45, 2.75) is 33.7 Å². The fraction of sp³-hybridized carbons (Fsp3) is 0.300. The van der Waals surface area contributed by atoms with Gasteiger partial charge >= 0.3 is 6.03 Å². The summed E-state index contributed by atoms with van der Waals surface area (Å²) in [6.45, 7) is 7.83. The van der Waals surface area contributed by atoms with Gasteiger partial charge in [-0.3, -0.25) is 4.79 Å². The normalized spacial score (nSPS) is 11.4. The van der Waals surface area contributed by atoms with Gasteiger partial charge in [-0.15, -0.1) is 0 Å². The predicted molar refractivity (Wildman–Crippen MR) is 104 cm³/mol. The number of hydrogen-bond acceptors (Lipinski definition) is 3. The molecule has 0 saturated heterocycles. The highest BCUT2D eigenvalue weighted by atomic mass is 16.5. The van der Waals surface area contributed by atoms with Crippen molar-refractivity contribution in [2.24, 2.45) is 0 Å². The molecule has 6 heteroatoms. The Morgan fingerprint density at radius 3 is 2.42 bits per heavy atom. The van der Waals surface area contributed by atoms with Gasteiger partial charge in [0, 0.05) is 23.9 Å². The Labute approximate surface area is 153 Å². The molecule has 0 radical (unpaired) electrons. The number of nitrogens with one attached hydrogen (secondary N) is 3. The molecule has 3 amide bonds. The second-order valence-corrected chi connectivity index (χ2v) is 6.06. The lowest BCUT2D eigenvalue weighted by atomic mass is 10.0. The number of amides is 3. The van der Waals surface area contributed by atoms with Crippen molar-refractivity contribution >= 4 is 23.3 Å². The smallest absolute Gasteiger partial charge is 0.319 e. The Morgan fingerprint density at radius 1 is 1.08 bits per heavy atom. The molecule has 0 aromatic heterocycles. The minimum Gasteiger partial charge on any atom is -0.494 e. The molecule has 0 fully saturated rings. The van der Waals surface area contributed by atoms with Crippen LogP contribution < -0.4 is 20.7 Å². The highest BCUT2D eigenvalue weighted by Gasteiger charge is 2.15. The molecule has 0 bridgehead atoms. The molecule has 0 aliphatic rings. The molecule has 1 atom stereocenters. The first kappa shape index (κ1) is 19.3. The van der Waals surface area contributed by atoms with E-state index in [2.05, 4.69) is 16.0 Å². The Hall–Kier alpha value is -3.02. The molecule has 0 aliphatic carbocycles. The van der Waals surface area contributed by atoms with Crippen LogP contribution in [0.15, 0.2) is 42.5 Å². The second kappa shape index (κ2) is 8.89. The zero-order valence-electron chi connectivity index (χ0n) is 15.6. The number of anilines is 2. The Balaban J connectivity index is 2.06. The average molecular weight is 355 g/mol. The van der Waals surface area contributed by atoms with Gasteiger partial charge in [0.1, 0.15) is 5.75 Å². The second-order valence-electron chi connectivity index (χ2n) is 6.06. The molecule has 1 unspecified atom stereocenters. The average Bonchev–Trinajstić information content (AvgIpc) is 2.56. The van der Waals surface area contributed by atoms with Gasteiger partial charge in [-0.05, 0) is 45.0 Å². The van der Waals surface area contributed by atoms with E-state index in [9.17, 15) is 9.59 Å². The molecular weight excluding hydrogens is 330 g/mol. The molecule has 2 aromatic carbocycles. The van der Waals surface area contributed by atoms with Gasteiger partial charge in [0.05, 0.1) is 12.6 Å². The summed E-state index contributed by atoms with van der Waals surface area (Å²) >= 11 is 0. The van der Waals surface area contributed by atoms with Crippen LogP contribution in [0.25, 0.3) is 0 Å². The summed E-state index contributed by atoms with van der Waals surface area (Å²) in [6.07, 6.45) is 0. The fourth-order valence-electron chi connectivity index (χ4n) is 2.61. The topological polar surface area (TPSA) is 79.5 Å². The zero-order valence-corrected chi connectivity index (χ0v) is 15.6. The van der Waals surface area contributed by atoms with Crippen molar-refractivity contribution in [1.82, 2.24) is 5.32 Å². The van der Waals surface area contributed by atoms with Crippen LogP contribution in [-0.2, 0) is 4.79 Å². The Kier molecular flexibility index (Phi) is 6.60. The van der Waals surface area contributed by atoms with Crippen molar-refractivity contribution in [3.63, 3.8) is 0 Å². The van der Waals surface area contributed by atoms with Crippen LogP contribution in [0.5, 0.6) is 5.75 Å². The summed E-state index contributed by atoms with van der Waals surface area (Å²) in [5, 5.41) is 8.38. The maximum atomic E-state index is 12.3. The van der Waals surface area contributed by atoms with Crippen molar-refractivity contribution in [1.29, 1.82) is 0 Å². The SMILES string of the molecule is CCOc1ccc(C)cc1C(C)NC(=O)Nc1cccc(NC(C)=O)c1. The number of carbonyl (C=O) groups excluding carboxylic acids is 2. The van der Waals surface area contributed by atoms with E-state index in [0.29, 0.717) is 18.0 Å². The number of benzene rings is 2. The summed E-state index contributed by atoms with van der Waals surface area (Å²) in [4.78, 5) is 23.5. The minimum atomic E-state index is -0.332. The maximum absolute atomic E-state index is 12.3. The summed E-state index contributed by atoms with van der Waals surface area (Å²) < 4.78 is 5.65. The van der Waals surface area contributed by atoms with Crippen molar-refractivity contribution in [2.75, 3.05) is 17.2 Å². The van der Waals surface area contributed by atoms with Gasteiger partial charge in [0.25, 0.3) is 0 Å². The van der Waals surface area contributed by atoms with Gasteiger partial charge in [-0.2, -0.15) is 0 Å². The summed E-state index contributed by atoms with van der Waals surface area (Å²) in [7, 11) is 0. The van der Waals surface area contributed by atoms with Gasteiger partial charge in [0.2, 0.25) is 5.91 Å². The first-order chi connectivity index (χ1) is 12.4. The highest BCUT2D eigenvalue weighted by molar-refractivity contribution is 5.92. The van der Waals surface area contributed by atoms with Crippen molar-refractivity contribution < 1.29 is 14.3 Å². The Morgan fingerprint density at radius 2 is 1.77 bits per heavy atom. The molecule has 0 spiro atoms. The molecule has 2 rings (SSSR count).